The number of carbonyl (C=O) groups is 2. The van der Waals surface area contributed by atoms with Crippen LogP contribution < -0.4 is 25.4 Å². The van der Waals surface area contributed by atoms with Crippen molar-refractivity contribution < 1.29 is 19.1 Å². The van der Waals surface area contributed by atoms with Crippen LogP contribution >= 0.6 is 0 Å². The summed E-state index contributed by atoms with van der Waals surface area (Å²) in [5, 5.41) is 8.30. The first-order valence-corrected chi connectivity index (χ1v) is 6.75. The molecule has 0 aromatic heterocycles. The molecular formula is C14H19N3O4. The predicted molar refractivity (Wildman–Crippen MR) is 77.6 cm³/mol. The van der Waals surface area contributed by atoms with Crippen LogP contribution in [0.4, 0.5) is 5.69 Å². The second kappa shape index (κ2) is 6.94. The maximum absolute atomic E-state index is 12.1. The molecule has 1 saturated heterocycles. The van der Waals surface area contributed by atoms with E-state index in [0.717, 1.165) is 0 Å². The van der Waals surface area contributed by atoms with Gasteiger partial charge in [-0.1, -0.05) is 0 Å². The van der Waals surface area contributed by atoms with E-state index in [4.69, 9.17) is 9.47 Å². The second-order valence-corrected chi connectivity index (χ2v) is 4.53. The van der Waals surface area contributed by atoms with E-state index in [1.807, 2.05) is 6.92 Å². The summed E-state index contributed by atoms with van der Waals surface area (Å²) in [5.41, 5.74) is 0.614. The highest BCUT2D eigenvalue weighted by molar-refractivity contribution is 5.96. The molecule has 0 saturated carbocycles. The minimum absolute atomic E-state index is 0.109. The fraction of sp³-hybridized carbons (Fsp3) is 0.429. The molecule has 1 aliphatic heterocycles. The normalized spacial score (nSPS) is 17.8. The molecule has 1 aromatic rings. The van der Waals surface area contributed by atoms with Crippen LogP contribution in [-0.4, -0.2) is 44.7 Å². The lowest BCUT2D eigenvalue weighted by molar-refractivity contribution is -0.124. The van der Waals surface area contributed by atoms with E-state index in [0.29, 0.717) is 23.8 Å². The quantitative estimate of drug-likeness (QED) is 0.717. The number of ether oxygens (including phenoxy) is 2. The molecule has 21 heavy (non-hydrogen) atoms. The van der Waals surface area contributed by atoms with Crippen LogP contribution in [0.2, 0.25) is 0 Å². The number of benzene rings is 1. The van der Waals surface area contributed by atoms with Crippen molar-refractivity contribution in [1.82, 2.24) is 10.6 Å². The number of rotatable bonds is 5. The molecule has 2 rings (SSSR count). The van der Waals surface area contributed by atoms with Crippen molar-refractivity contribution in [3.63, 3.8) is 0 Å². The van der Waals surface area contributed by atoms with E-state index in [2.05, 4.69) is 16.0 Å². The van der Waals surface area contributed by atoms with Gasteiger partial charge in [-0.25, -0.2) is 0 Å². The Morgan fingerprint density at radius 2 is 2.24 bits per heavy atom. The van der Waals surface area contributed by atoms with Gasteiger partial charge in [0.1, 0.15) is 6.04 Å². The fourth-order valence-electron chi connectivity index (χ4n) is 2.00. The molecule has 3 N–H and O–H groups in total. The monoisotopic (exact) mass is 293 g/mol. The molecule has 0 spiro atoms. The largest absolute Gasteiger partial charge is 0.493 e. The molecule has 0 aliphatic carbocycles. The summed E-state index contributed by atoms with van der Waals surface area (Å²) in [6, 6.07) is 4.74. The first kappa shape index (κ1) is 15.1. The van der Waals surface area contributed by atoms with Gasteiger partial charge in [-0.2, -0.15) is 0 Å². The van der Waals surface area contributed by atoms with Crippen LogP contribution in [-0.2, 0) is 9.59 Å². The average molecular weight is 293 g/mol. The van der Waals surface area contributed by atoms with Crippen molar-refractivity contribution in [1.29, 1.82) is 0 Å². The van der Waals surface area contributed by atoms with Gasteiger partial charge in [-0.05, 0) is 19.1 Å². The molecule has 1 fully saturated rings. The Bertz CT molecular complexity index is 523. The maximum atomic E-state index is 12.1. The van der Waals surface area contributed by atoms with Crippen molar-refractivity contribution in [2.45, 2.75) is 13.0 Å². The summed E-state index contributed by atoms with van der Waals surface area (Å²) in [4.78, 5) is 23.1. The third-order valence-corrected chi connectivity index (χ3v) is 3.06. The van der Waals surface area contributed by atoms with Crippen LogP contribution in [0.3, 0.4) is 0 Å². The minimum atomic E-state index is -0.444. The summed E-state index contributed by atoms with van der Waals surface area (Å²) in [5.74, 6) is 0.866. The molecule has 1 unspecified atom stereocenters. The van der Waals surface area contributed by atoms with Crippen molar-refractivity contribution in [3.05, 3.63) is 18.2 Å². The van der Waals surface area contributed by atoms with E-state index < -0.39 is 6.04 Å². The van der Waals surface area contributed by atoms with Gasteiger partial charge in [0, 0.05) is 18.3 Å². The Labute approximate surface area is 123 Å². The minimum Gasteiger partial charge on any atom is -0.493 e. The zero-order valence-corrected chi connectivity index (χ0v) is 12.1. The molecule has 7 nitrogen and oxygen atoms in total. The van der Waals surface area contributed by atoms with E-state index >= 15 is 0 Å². The van der Waals surface area contributed by atoms with Crippen LogP contribution in [0.15, 0.2) is 18.2 Å². The standard InChI is InChI=1S/C14H19N3O4/c1-3-21-12-6-9(4-5-11(12)20-2)17-14(19)10-7-16-13(18)8-15-10/h4-6,10,15H,3,7-8H2,1-2H3,(H,16,18)(H,17,19). The topological polar surface area (TPSA) is 88.7 Å². The highest BCUT2D eigenvalue weighted by Gasteiger charge is 2.23. The zero-order chi connectivity index (χ0) is 15.2. The summed E-state index contributed by atoms with van der Waals surface area (Å²) in [6.07, 6.45) is 0. The Morgan fingerprint density at radius 1 is 1.43 bits per heavy atom. The zero-order valence-electron chi connectivity index (χ0n) is 12.1. The lowest BCUT2D eigenvalue weighted by Gasteiger charge is -2.23. The number of nitrogens with one attached hydrogen (secondary N) is 3. The van der Waals surface area contributed by atoms with Crippen molar-refractivity contribution in [3.8, 4) is 11.5 Å². The van der Waals surface area contributed by atoms with Gasteiger partial charge in [0.25, 0.3) is 0 Å². The van der Waals surface area contributed by atoms with E-state index in [9.17, 15) is 9.59 Å². The van der Waals surface area contributed by atoms with Crippen LogP contribution in [0.25, 0.3) is 0 Å². The summed E-state index contributed by atoms with van der Waals surface area (Å²) >= 11 is 0. The number of carbonyl (C=O) groups excluding carboxylic acids is 2. The molecular weight excluding hydrogens is 274 g/mol. The van der Waals surface area contributed by atoms with Gasteiger partial charge in [-0.3, -0.25) is 14.9 Å². The first-order chi connectivity index (χ1) is 10.1. The molecule has 1 aliphatic rings. The predicted octanol–water partition coefficient (Wildman–Crippen LogP) is 0.120. The highest BCUT2D eigenvalue weighted by Crippen LogP contribution is 2.30. The molecule has 1 aromatic carbocycles. The molecule has 0 radical (unpaired) electrons. The van der Waals surface area contributed by atoms with Crippen molar-refractivity contribution in [2.24, 2.45) is 0 Å². The number of hydrogen-bond donors (Lipinski definition) is 3. The van der Waals surface area contributed by atoms with Crippen LogP contribution in [0.5, 0.6) is 11.5 Å². The van der Waals surface area contributed by atoms with E-state index in [1.165, 1.54) is 0 Å². The van der Waals surface area contributed by atoms with E-state index in [-0.39, 0.29) is 24.9 Å². The van der Waals surface area contributed by atoms with Gasteiger partial charge in [0.2, 0.25) is 11.8 Å². The maximum Gasteiger partial charge on any atom is 0.243 e. The second-order valence-electron chi connectivity index (χ2n) is 4.53. The molecule has 0 bridgehead atoms. The summed E-state index contributed by atoms with van der Waals surface area (Å²) in [6.45, 7) is 2.80. The highest BCUT2D eigenvalue weighted by atomic mass is 16.5. The Kier molecular flexibility index (Phi) is 4.99. The Morgan fingerprint density at radius 3 is 2.86 bits per heavy atom. The van der Waals surface area contributed by atoms with Crippen molar-refractivity contribution >= 4 is 17.5 Å². The molecule has 1 heterocycles. The van der Waals surface area contributed by atoms with E-state index in [1.54, 1.807) is 25.3 Å². The van der Waals surface area contributed by atoms with Gasteiger partial charge in [-0.15, -0.1) is 0 Å². The molecule has 114 valence electrons. The van der Waals surface area contributed by atoms with Gasteiger partial charge < -0.3 is 20.1 Å². The number of amides is 2. The Hall–Kier alpha value is -2.28. The molecule has 7 heteroatoms. The van der Waals surface area contributed by atoms with Gasteiger partial charge >= 0.3 is 0 Å². The fourth-order valence-corrected chi connectivity index (χ4v) is 2.00. The Balaban J connectivity index is 2.03. The molecule has 2 amide bonds. The van der Waals surface area contributed by atoms with Crippen LogP contribution in [0, 0.1) is 0 Å². The number of methoxy groups -OCH3 is 1. The summed E-state index contributed by atoms with van der Waals surface area (Å²) < 4.78 is 10.6. The summed E-state index contributed by atoms with van der Waals surface area (Å²) in [7, 11) is 1.56. The van der Waals surface area contributed by atoms with Crippen LogP contribution in [0.1, 0.15) is 6.92 Å². The third kappa shape index (κ3) is 3.85. The lowest BCUT2D eigenvalue weighted by Crippen LogP contribution is -2.56. The first-order valence-electron chi connectivity index (χ1n) is 6.75. The smallest absolute Gasteiger partial charge is 0.243 e. The van der Waals surface area contributed by atoms with Crippen molar-refractivity contribution in [2.75, 3.05) is 32.1 Å². The molecule has 1 atom stereocenters. The number of anilines is 1. The average Bonchev–Trinajstić information content (AvgIpc) is 2.48. The number of piperazine rings is 1. The third-order valence-electron chi connectivity index (χ3n) is 3.06. The van der Waals surface area contributed by atoms with Gasteiger partial charge in [0.05, 0.1) is 20.3 Å². The lowest BCUT2D eigenvalue weighted by atomic mass is 10.2. The van der Waals surface area contributed by atoms with Gasteiger partial charge in [0.15, 0.2) is 11.5 Å². The number of hydrogen-bond acceptors (Lipinski definition) is 5. The SMILES string of the molecule is CCOc1cc(NC(=O)C2CNC(=O)CN2)ccc1OC.